The first-order valence-electron chi connectivity index (χ1n) is 5.62. The summed E-state index contributed by atoms with van der Waals surface area (Å²) < 4.78 is 32.5. The van der Waals surface area contributed by atoms with Crippen LogP contribution in [0.3, 0.4) is 0 Å². The highest BCUT2D eigenvalue weighted by Gasteiger charge is 2.34. The summed E-state index contributed by atoms with van der Waals surface area (Å²) in [6.07, 6.45) is 2.32. The van der Waals surface area contributed by atoms with E-state index in [1.165, 1.54) is 6.20 Å². The Bertz CT molecular complexity index is 576. The second-order valence-corrected chi connectivity index (χ2v) is 6.66. The Morgan fingerprint density at radius 3 is 2.84 bits per heavy atom. The van der Waals surface area contributed by atoms with Crippen molar-refractivity contribution in [3.8, 4) is 0 Å². The summed E-state index contributed by atoms with van der Waals surface area (Å²) in [7, 11) is -3.67. The average molecular weight is 289 g/mol. The molecule has 0 aliphatic carbocycles. The maximum Gasteiger partial charge on any atom is 0.325 e. The fraction of sp³-hybridized carbons (Fsp3) is 0.600. The van der Waals surface area contributed by atoms with E-state index in [9.17, 15) is 13.2 Å². The zero-order valence-corrected chi connectivity index (χ0v) is 11.2. The summed E-state index contributed by atoms with van der Waals surface area (Å²) in [5, 5.41) is 12.3. The van der Waals surface area contributed by atoms with Gasteiger partial charge in [0.1, 0.15) is 11.4 Å². The molecule has 0 atom stereocenters. The molecule has 1 aliphatic heterocycles. The Kier molecular flexibility index (Phi) is 3.61. The number of carboxylic acids is 1. The van der Waals surface area contributed by atoms with Gasteiger partial charge in [0, 0.05) is 18.2 Å². The fourth-order valence-electron chi connectivity index (χ4n) is 1.61. The van der Waals surface area contributed by atoms with E-state index in [4.69, 9.17) is 9.84 Å². The number of nitrogens with zero attached hydrogens (tertiary/aromatic N) is 2. The third-order valence-electron chi connectivity index (χ3n) is 2.81. The predicted octanol–water partition coefficient (Wildman–Crippen LogP) is -0.717. The maximum absolute atomic E-state index is 12.0. The number of hydrogen-bond donors (Lipinski definition) is 2. The molecule has 0 unspecified atom stereocenters. The molecule has 2 N–H and O–H groups in total. The van der Waals surface area contributed by atoms with Gasteiger partial charge in [0.2, 0.25) is 10.0 Å². The van der Waals surface area contributed by atoms with E-state index in [0.29, 0.717) is 13.2 Å². The van der Waals surface area contributed by atoms with Crippen molar-refractivity contribution in [3.63, 3.8) is 0 Å². The molecule has 0 amide bonds. The quantitative estimate of drug-likeness (QED) is 0.715. The summed E-state index contributed by atoms with van der Waals surface area (Å²) in [6, 6.07) is 0. The highest BCUT2D eigenvalue weighted by molar-refractivity contribution is 7.89. The highest BCUT2D eigenvalue weighted by Crippen LogP contribution is 2.25. The molecule has 1 fully saturated rings. The summed E-state index contributed by atoms with van der Waals surface area (Å²) >= 11 is 0. The molecule has 0 saturated carbocycles. The predicted molar refractivity (Wildman–Crippen MR) is 64.0 cm³/mol. The van der Waals surface area contributed by atoms with Crippen LogP contribution in [0.15, 0.2) is 17.3 Å². The van der Waals surface area contributed by atoms with E-state index >= 15 is 0 Å². The van der Waals surface area contributed by atoms with Crippen LogP contribution in [0, 0.1) is 5.41 Å². The van der Waals surface area contributed by atoms with Crippen molar-refractivity contribution in [2.45, 2.75) is 18.4 Å². The standard InChI is InChI=1S/C10H15N3O5S/c1-10(6-18-7-10)5-12-19(16,17)8-2-11-13(3-8)4-9(14)15/h2-3,12H,4-7H2,1H3,(H,14,15). The molecule has 1 aromatic rings. The maximum atomic E-state index is 12.0. The van der Waals surface area contributed by atoms with Gasteiger partial charge in [-0.05, 0) is 0 Å². The Morgan fingerprint density at radius 2 is 2.32 bits per heavy atom. The Morgan fingerprint density at radius 1 is 1.63 bits per heavy atom. The van der Waals surface area contributed by atoms with Crippen LogP contribution in [0.5, 0.6) is 0 Å². The van der Waals surface area contributed by atoms with Crippen LogP contribution in [0.25, 0.3) is 0 Å². The van der Waals surface area contributed by atoms with Crippen molar-refractivity contribution in [1.29, 1.82) is 0 Å². The molecule has 0 bridgehead atoms. The number of hydrogen-bond acceptors (Lipinski definition) is 5. The minimum Gasteiger partial charge on any atom is -0.480 e. The molecule has 19 heavy (non-hydrogen) atoms. The van der Waals surface area contributed by atoms with Gasteiger partial charge in [-0.15, -0.1) is 0 Å². The minimum atomic E-state index is -3.67. The van der Waals surface area contributed by atoms with Crippen molar-refractivity contribution in [1.82, 2.24) is 14.5 Å². The number of rotatable bonds is 6. The van der Waals surface area contributed by atoms with E-state index in [1.807, 2.05) is 6.92 Å². The molecule has 1 saturated heterocycles. The molecule has 2 heterocycles. The third kappa shape index (κ3) is 3.31. The van der Waals surface area contributed by atoms with Gasteiger partial charge in [-0.3, -0.25) is 9.48 Å². The summed E-state index contributed by atoms with van der Waals surface area (Å²) in [5.74, 6) is -1.08. The van der Waals surface area contributed by atoms with E-state index in [2.05, 4.69) is 9.82 Å². The van der Waals surface area contributed by atoms with Crippen LogP contribution in [0.4, 0.5) is 0 Å². The van der Waals surface area contributed by atoms with Crippen molar-refractivity contribution >= 4 is 16.0 Å². The lowest BCUT2D eigenvalue weighted by molar-refractivity contribution is -0.137. The monoisotopic (exact) mass is 289 g/mol. The molecule has 2 rings (SSSR count). The van der Waals surface area contributed by atoms with Crippen molar-refractivity contribution < 1.29 is 23.1 Å². The van der Waals surface area contributed by atoms with Crippen LogP contribution in [0.2, 0.25) is 0 Å². The first-order valence-corrected chi connectivity index (χ1v) is 7.11. The van der Waals surface area contributed by atoms with E-state index in [-0.39, 0.29) is 23.4 Å². The second kappa shape index (κ2) is 4.91. The summed E-state index contributed by atoms with van der Waals surface area (Å²) in [4.78, 5) is 10.4. The highest BCUT2D eigenvalue weighted by atomic mass is 32.2. The zero-order chi connectivity index (χ0) is 14.1. The number of carbonyl (C=O) groups is 1. The smallest absolute Gasteiger partial charge is 0.325 e. The molecule has 106 valence electrons. The molecule has 0 radical (unpaired) electrons. The van der Waals surface area contributed by atoms with Gasteiger partial charge in [-0.1, -0.05) is 6.92 Å². The van der Waals surface area contributed by atoms with Crippen molar-refractivity contribution in [3.05, 3.63) is 12.4 Å². The molecule has 1 aliphatic rings. The largest absolute Gasteiger partial charge is 0.480 e. The number of sulfonamides is 1. The Hall–Kier alpha value is -1.45. The van der Waals surface area contributed by atoms with Gasteiger partial charge < -0.3 is 9.84 Å². The van der Waals surface area contributed by atoms with Crippen LogP contribution < -0.4 is 4.72 Å². The lowest BCUT2D eigenvalue weighted by atomic mass is 9.89. The lowest BCUT2D eigenvalue weighted by Gasteiger charge is -2.37. The molecule has 1 aromatic heterocycles. The van der Waals surface area contributed by atoms with Gasteiger partial charge in [0.15, 0.2) is 0 Å². The van der Waals surface area contributed by atoms with Crippen LogP contribution in [0.1, 0.15) is 6.92 Å². The second-order valence-electron chi connectivity index (χ2n) is 4.90. The molecular formula is C10H15N3O5S. The van der Waals surface area contributed by atoms with Crippen LogP contribution in [-0.2, 0) is 26.1 Å². The van der Waals surface area contributed by atoms with E-state index in [1.54, 1.807) is 0 Å². The number of ether oxygens (including phenoxy) is 1. The van der Waals surface area contributed by atoms with Crippen LogP contribution in [-0.4, -0.2) is 49.0 Å². The normalized spacial score (nSPS) is 17.9. The van der Waals surface area contributed by atoms with Gasteiger partial charge in [0.25, 0.3) is 0 Å². The summed E-state index contributed by atoms with van der Waals surface area (Å²) in [6.45, 7) is 2.87. The topological polar surface area (TPSA) is 111 Å². The zero-order valence-electron chi connectivity index (χ0n) is 10.4. The van der Waals surface area contributed by atoms with E-state index < -0.39 is 16.0 Å². The van der Waals surface area contributed by atoms with Gasteiger partial charge in [0.05, 0.1) is 19.4 Å². The number of carboxylic acid groups (broad SMARTS) is 1. The number of aliphatic carboxylic acids is 1. The Labute approximate surface area is 110 Å². The van der Waals surface area contributed by atoms with Gasteiger partial charge >= 0.3 is 5.97 Å². The van der Waals surface area contributed by atoms with Gasteiger partial charge in [-0.2, -0.15) is 5.10 Å². The van der Waals surface area contributed by atoms with Gasteiger partial charge in [-0.25, -0.2) is 13.1 Å². The average Bonchev–Trinajstić information content (AvgIpc) is 2.72. The van der Waals surface area contributed by atoms with E-state index in [0.717, 1.165) is 10.9 Å². The molecular weight excluding hydrogens is 274 g/mol. The Balaban J connectivity index is 2.02. The lowest BCUT2D eigenvalue weighted by Crippen LogP contribution is -2.48. The summed E-state index contributed by atoms with van der Waals surface area (Å²) in [5.41, 5.74) is -0.176. The molecule has 9 heteroatoms. The SMILES string of the molecule is CC1(CNS(=O)(=O)c2cnn(CC(=O)O)c2)COC1. The van der Waals surface area contributed by atoms with Crippen molar-refractivity contribution in [2.75, 3.05) is 19.8 Å². The minimum absolute atomic E-state index is 0.0439. The number of aromatic nitrogens is 2. The van der Waals surface area contributed by atoms with Crippen molar-refractivity contribution in [2.24, 2.45) is 5.41 Å². The first kappa shape index (κ1) is 14.0. The first-order chi connectivity index (χ1) is 8.81. The molecule has 0 spiro atoms. The third-order valence-corrected chi connectivity index (χ3v) is 4.16. The number of nitrogens with one attached hydrogen (secondary N) is 1. The molecule has 0 aromatic carbocycles. The van der Waals surface area contributed by atoms with Crippen LogP contribution >= 0.6 is 0 Å². The fourth-order valence-corrected chi connectivity index (χ4v) is 2.77. The molecule has 8 nitrogen and oxygen atoms in total.